The maximum Gasteiger partial charge on any atom is 0.167 e. The topological polar surface area (TPSA) is 78.6 Å². The van der Waals surface area contributed by atoms with Crippen LogP contribution in [0.4, 0.5) is 0 Å². The molecule has 0 bridgehead atoms. The molecule has 1 aliphatic rings. The van der Waals surface area contributed by atoms with Gasteiger partial charge in [-0.3, -0.25) is 4.57 Å². The number of aromatic nitrogens is 3. The first-order valence-electron chi connectivity index (χ1n) is 10.2. The van der Waals surface area contributed by atoms with Crippen LogP contribution in [0.15, 0.2) is 36.4 Å². The van der Waals surface area contributed by atoms with E-state index in [1.165, 1.54) is 0 Å². The Kier molecular flexibility index (Phi) is 6.18. The Hall–Kier alpha value is -2.61. The van der Waals surface area contributed by atoms with Crippen molar-refractivity contribution in [3.63, 3.8) is 0 Å². The average Bonchev–Trinajstić information content (AvgIpc) is 3.16. The minimum atomic E-state index is -0.517. The zero-order valence-electron chi connectivity index (χ0n) is 18.0. The minimum absolute atomic E-state index is 0.0480. The van der Waals surface area contributed by atoms with Crippen LogP contribution in [0.2, 0.25) is 5.02 Å². The first-order valence-corrected chi connectivity index (χ1v) is 10.6. The van der Waals surface area contributed by atoms with Crippen LogP contribution in [0.25, 0.3) is 5.69 Å². The summed E-state index contributed by atoms with van der Waals surface area (Å²) in [5.41, 5.74) is 2.56. The highest BCUT2D eigenvalue weighted by molar-refractivity contribution is 6.30. The molecule has 1 aliphatic heterocycles. The summed E-state index contributed by atoms with van der Waals surface area (Å²) in [6, 6.07) is 11.4. The van der Waals surface area contributed by atoms with Gasteiger partial charge in [-0.1, -0.05) is 37.6 Å². The number of benzene rings is 2. The van der Waals surface area contributed by atoms with Crippen LogP contribution in [0.5, 0.6) is 11.5 Å². The van der Waals surface area contributed by atoms with E-state index in [1.54, 1.807) is 14.2 Å². The van der Waals surface area contributed by atoms with Gasteiger partial charge in [0.2, 0.25) is 0 Å². The molecule has 4 rings (SSSR count). The molecule has 7 nitrogen and oxygen atoms in total. The van der Waals surface area contributed by atoms with Gasteiger partial charge >= 0.3 is 0 Å². The lowest BCUT2D eigenvalue weighted by molar-refractivity contribution is -0.00986. The quantitative estimate of drug-likeness (QED) is 0.599. The summed E-state index contributed by atoms with van der Waals surface area (Å²) in [5.74, 6) is 2.82. The Bertz CT molecular complexity index is 1080. The first kappa shape index (κ1) is 21.6. The molecule has 0 fully saturated rings. The summed E-state index contributed by atoms with van der Waals surface area (Å²) in [7, 11) is 3.21. The zero-order chi connectivity index (χ0) is 22.1. The fourth-order valence-electron chi connectivity index (χ4n) is 4.05. The van der Waals surface area contributed by atoms with Crippen LogP contribution in [-0.2, 0) is 4.74 Å². The largest absolute Gasteiger partial charge is 0.493 e. The number of nitrogens with zero attached hydrogens (tertiary/aromatic N) is 3. The van der Waals surface area contributed by atoms with Crippen molar-refractivity contribution >= 4 is 11.6 Å². The van der Waals surface area contributed by atoms with Crippen LogP contribution in [0.3, 0.4) is 0 Å². The summed E-state index contributed by atoms with van der Waals surface area (Å²) >= 11 is 6.42. The van der Waals surface area contributed by atoms with Gasteiger partial charge in [0, 0.05) is 35.1 Å². The van der Waals surface area contributed by atoms with E-state index in [9.17, 15) is 5.11 Å². The molecule has 0 unspecified atom stereocenters. The fourth-order valence-corrected chi connectivity index (χ4v) is 4.23. The highest BCUT2D eigenvalue weighted by Crippen LogP contribution is 2.46. The molecule has 0 spiro atoms. The Labute approximate surface area is 186 Å². The van der Waals surface area contributed by atoms with Crippen molar-refractivity contribution in [1.29, 1.82) is 0 Å². The molecule has 0 saturated carbocycles. The van der Waals surface area contributed by atoms with Crippen molar-refractivity contribution in [3.05, 3.63) is 64.2 Å². The normalized spacial score (nSPS) is 17.8. The molecule has 0 amide bonds. The van der Waals surface area contributed by atoms with E-state index >= 15 is 0 Å². The summed E-state index contributed by atoms with van der Waals surface area (Å²) in [5, 5.41) is 19.2. The molecule has 0 radical (unpaired) electrons. The van der Waals surface area contributed by atoms with Crippen molar-refractivity contribution in [2.24, 2.45) is 0 Å². The third-order valence-electron chi connectivity index (χ3n) is 5.44. The van der Waals surface area contributed by atoms with Crippen molar-refractivity contribution < 1.29 is 19.3 Å². The number of aliphatic hydroxyl groups excluding tert-OH is 1. The molecule has 164 valence electrons. The highest BCUT2D eigenvalue weighted by Gasteiger charge is 2.35. The molecule has 8 heteroatoms. The van der Waals surface area contributed by atoms with Crippen LogP contribution in [-0.4, -0.2) is 40.7 Å². The number of fused-ring (bicyclic) bond motifs is 3. The Morgan fingerprint density at radius 1 is 1.13 bits per heavy atom. The average molecular weight is 444 g/mol. The number of ether oxygens (including phenoxy) is 3. The van der Waals surface area contributed by atoms with Gasteiger partial charge in [-0.2, -0.15) is 0 Å². The molecule has 1 aromatic heterocycles. The van der Waals surface area contributed by atoms with Gasteiger partial charge < -0.3 is 19.3 Å². The second-order valence-corrected chi connectivity index (χ2v) is 8.15. The van der Waals surface area contributed by atoms with E-state index < -0.39 is 12.2 Å². The summed E-state index contributed by atoms with van der Waals surface area (Å²) in [4.78, 5) is 0. The number of halogens is 1. The summed E-state index contributed by atoms with van der Waals surface area (Å²) < 4.78 is 19.8. The van der Waals surface area contributed by atoms with E-state index in [0.29, 0.717) is 28.8 Å². The zero-order valence-corrected chi connectivity index (χ0v) is 18.8. The summed E-state index contributed by atoms with van der Waals surface area (Å²) in [6.07, 6.45) is -0.616. The van der Waals surface area contributed by atoms with Crippen LogP contribution in [0, 0.1) is 0 Å². The van der Waals surface area contributed by atoms with Gasteiger partial charge in [0.05, 0.1) is 19.9 Å². The smallest absolute Gasteiger partial charge is 0.167 e. The molecule has 0 aliphatic carbocycles. The Morgan fingerprint density at radius 2 is 1.94 bits per heavy atom. The van der Waals surface area contributed by atoms with Crippen molar-refractivity contribution in [2.45, 2.75) is 38.4 Å². The minimum Gasteiger partial charge on any atom is -0.493 e. The van der Waals surface area contributed by atoms with Crippen molar-refractivity contribution in [3.8, 4) is 17.2 Å². The fraction of sp³-hybridized carbons (Fsp3) is 0.391. The SMILES string of the molecule is COc1cccc([C@H]2O[C@H](CCO)c3nnc(C(C)C)n3-c3ccc(Cl)cc32)c1OC. The van der Waals surface area contributed by atoms with Gasteiger partial charge in [-0.25, -0.2) is 0 Å². The third-order valence-corrected chi connectivity index (χ3v) is 5.67. The maximum absolute atomic E-state index is 9.75. The van der Waals surface area contributed by atoms with Crippen molar-refractivity contribution in [1.82, 2.24) is 14.8 Å². The molecule has 31 heavy (non-hydrogen) atoms. The van der Waals surface area contributed by atoms with Gasteiger partial charge in [0.15, 0.2) is 17.3 Å². The van der Waals surface area contributed by atoms with Gasteiger partial charge in [-0.05, 0) is 24.3 Å². The number of hydrogen-bond donors (Lipinski definition) is 1. The number of methoxy groups -OCH3 is 2. The molecule has 0 saturated heterocycles. The van der Waals surface area contributed by atoms with Crippen LogP contribution in [0.1, 0.15) is 61.2 Å². The van der Waals surface area contributed by atoms with E-state index in [4.69, 9.17) is 25.8 Å². The predicted octanol–water partition coefficient (Wildman–Crippen LogP) is 4.60. The molecular formula is C23H26ClN3O4. The predicted molar refractivity (Wildman–Crippen MR) is 117 cm³/mol. The van der Waals surface area contributed by atoms with E-state index in [0.717, 1.165) is 22.6 Å². The molecule has 2 atom stereocenters. The van der Waals surface area contributed by atoms with Gasteiger partial charge in [0.25, 0.3) is 0 Å². The highest BCUT2D eigenvalue weighted by atomic mass is 35.5. The molecule has 2 aromatic carbocycles. The third kappa shape index (κ3) is 3.78. The molecule has 2 heterocycles. The van der Waals surface area contributed by atoms with Crippen molar-refractivity contribution in [2.75, 3.05) is 20.8 Å². The van der Waals surface area contributed by atoms with E-state index in [2.05, 4.69) is 24.0 Å². The first-order chi connectivity index (χ1) is 15.0. The number of rotatable bonds is 6. The lowest BCUT2D eigenvalue weighted by Gasteiger charge is -2.24. The molecule has 3 aromatic rings. The van der Waals surface area contributed by atoms with Gasteiger partial charge in [0.1, 0.15) is 18.0 Å². The maximum atomic E-state index is 9.75. The lowest BCUT2D eigenvalue weighted by atomic mass is 9.98. The molecular weight excluding hydrogens is 418 g/mol. The number of aliphatic hydroxyl groups is 1. The summed E-state index contributed by atoms with van der Waals surface area (Å²) in [6.45, 7) is 4.10. The monoisotopic (exact) mass is 443 g/mol. The van der Waals surface area contributed by atoms with Crippen LogP contribution < -0.4 is 9.47 Å². The van der Waals surface area contributed by atoms with Crippen LogP contribution >= 0.6 is 11.6 Å². The second kappa shape index (κ2) is 8.86. The lowest BCUT2D eigenvalue weighted by Crippen LogP contribution is -2.14. The number of hydrogen-bond acceptors (Lipinski definition) is 6. The van der Waals surface area contributed by atoms with E-state index in [1.807, 2.05) is 41.0 Å². The standard InChI is InChI=1S/C23H26ClN3O4/c1-13(2)22-25-26-23-19(10-11-28)31-20(15-6-5-7-18(29-3)21(15)30-4)16-12-14(24)8-9-17(16)27(22)23/h5-9,12-13,19-20,28H,10-11H2,1-4H3/t19-,20-/m1/s1. The van der Waals surface area contributed by atoms with E-state index in [-0.39, 0.29) is 12.5 Å². The Morgan fingerprint density at radius 3 is 2.61 bits per heavy atom. The number of para-hydroxylation sites is 1. The molecule has 1 N–H and O–H groups in total. The second-order valence-electron chi connectivity index (χ2n) is 7.71. The van der Waals surface area contributed by atoms with Gasteiger partial charge in [-0.15, -0.1) is 10.2 Å². The Balaban J connectivity index is 2.00.